The van der Waals surface area contributed by atoms with Gasteiger partial charge in [0, 0.05) is 22.8 Å². The molecule has 0 bridgehead atoms. The average Bonchev–Trinajstić information content (AvgIpc) is 3.35. The summed E-state index contributed by atoms with van der Waals surface area (Å²) < 4.78 is 0. The van der Waals surface area contributed by atoms with Crippen molar-refractivity contribution in [3.8, 4) is 28.5 Å². The number of nitrogens with zero attached hydrogens (tertiary/aromatic N) is 2. The minimum Gasteiger partial charge on any atom is -0.360 e. The van der Waals surface area contributed by atoms with Crippen molar-refractivity contribution in [1.29, 1.82) is 5.26 Å². The summed E-state index contributed by atoms with van der Waals surface area (Å²) in [5.74, 6) is 0. The Bertz CT molecular complexity index is 1440. The molecular weight excluding hydrogens is 410 g/mol. The van der Waals surface area contributed by atoms with Crippen molar-refractivity contribution in [3.63, 3.8) is 0 Å². The van der Waals surface area contributed by atoms with E-state index in [1.54, 1.807) is 6.20 Å². The normalized spacial score (nSPS) is 11.3. The fraction of sp³-hybridized carbons (Fsp3) is 0. The number of nitrogens with one attached hydrogen (secondary N) is 1. The molecule has 0 aliphatic carbocycles. The molecule has 0 amide bonds. The van der Waals surface area contributed by atoms with Crippen LogP contribution < -0.4 is 5.32 Å². The number of aromatic nitrogens is 1. The number of hydrogen-bond donors (Lipinski definition) is 1. The van der Waals surface area contributed by atoms with Crippen molar-refractivity contribution in [3.05, 3.63) is 114 Å². The SMILES string of the molecule is N#CC(=CNc1ccc2ccccc2c1)c1nc(-c2ccc(-c3ccccc3)cc2)cs1. The molecule has 1 N–H and O–H groups in total. The van der Waals surface area contributed by atoms with Crippen LogP contribution in [0.25, 0.3) is 38.7 Å². The Kier molecular flexibility index (Phi) is 5.48. The first-order valence-corrected chi connectivity index (χ1v) is 11.2. The summed E-state index contributed by atoms with van der Waals surface area (Å²) in [4.78, 5) is 4.70. The lowest BCUT2D eigenvalue weighted by atomic mass is 10.0. The zero-order valence-corrected chi connectivity index (χ0v) is 18.0. The van der Waals surface area contributed by atoms with E-state index in [1.807, 2.05) is 41.8 Å². The summed E-state index contributed by atoms with van der Waals surface area (Å²) in [5, 5.41) is 18.0. The molecule has 0 unspecified atom stereocenters. The molecule has 0 spiro atoms. The van der Waals surface area contributed by atoms with Gasteiger partial charge in [0.1, 0.15) is 16.6 Å². The van der Waals surface area contributed by atoms with Crippen LogP contribution in [0.4, 0.5) is 5.69 Å². The molecule has 4 heteroatoms. The van der Waals surface area contributed by atoms with Crippen LogP contribution in [0.2, 0.25) is 0 Å². The topological polar surface area (TPSA) is 48.7 Å². The number of nitriles is 1. The van der Waals surface area contributed by atoms with Crippen LogP contribution in [0.5, 0.6) is 0 Å². The molecule has 4 aromatic carbocycles. The Labute approximate surface area is 190 Å². The fourth-order valence-corrected chi connectivity index (χ4v) is 4.37. The Morgan fingerprint density at radius 1 is 0.781 bits per heavy atom. The van der Waals surface area contributed by atoms with E-state index in [0.717, 1.165) is 22.3 Å². The Morgan fingerprint density at radius 2 is 1.47 bits per heavy atom. The molecule has 5 rings (SSSR count). The summed E-state index contributed by atoms with van der Waals surface area (Å²) in [5.41, 5.74) is 5.71. The quantitative estimate of drug-likeness (QED) is 0.293. The Hall–Kier alpha value is -4.20. The summed E-state index contributed by atoms with van der Waals surface area (Å²) in [6.45, 7) is 0. The maximum absolute atomic E-state index is 9.68. The average molecular weight is 430 g/mol. The molecule has 3 nitrogen and oxygen atoms in total. The van der Waals surface area contributed by atoms with Crippen LogP contribution >= 0.6 is 11.3 Å². The second kappa shape index (κ2) is 8.89. The predicted octanol–water partition coefficient (Wildman–Crippen LogP) is 7.61. The minimum absolute atomic E-state index is 0.510. The number of benzene rings is 4. The van der Waals surface area contributed by atoms with E-state index in [1.165, 1.54) is 27.8 Å². The van der Waals surface area contributed by atoms with Crippen molar-refractivity contribution in [2.24, 2.45) is 0 Å². The van der Waals surface area contributed by atoms with Crippen molar-refractivity contribution < 1.29 is 0 Å². The summed E-state index contributed by atoms with van der Waals surface area (Å²) in [6, 6.07) is 35.3. The van der Waals surface area contributed by atoms with Crippen molar-refractivity contribution in [2.75, 3.05) is 5.32 Å². The van der Waals surface area contributed by atoms with Gasteiger partial charge < -0.3 is 5.32 Å². The maximum Gasteiger partial charge on any atom is 0.136 e. The summed E-state index contributed by atoms with van der Waals surface area (Å²) >= 11 is 1.47. The van der Waals surface area contributed by atoms with E-state index in [-0.39, 0.29) is 0 Å². The van der Waals surface area contributed by atoms with Crippen molar-refractivity contribution in [1.82, 2.24) is 4.98 Å². The zero-order valence-electron chi connectivity index (χ0n) is 17.2. The fourth-order valence-electron chi connectivity index (χ4n) is 3.57. The van der Waals surface area contributed by atoms with Crippen LogP contribution in [0.1, 0.15) is 5.01 Å². The molecule has 0 fully saturated rings. The largest absolute Gasteiger partial charge is 0.360 e. The van der Waals surface area contributed by atoms with Gasteiger partial charge in [-0.2, -0.15) is 5.26 Å². The molecule has 152 valence electrons. The Morgan fingerprint density at radius 3 is 2.25 bits per heavy atom. The number of fused-ring (bicyclic) bond motifs is 1. The van der Waals surface area contributed by atoms with Crippen LogP contribution in [-0.2, 0) is 0 Å². The number of thiazole rings is 1. The highest BCUT2D eigenvalue weighted by molar-refractivity contribution is 7.11. The van der Waals surface area contributed by atoms with E-state index in [4.69, 9.17) is 4.98 Å². The molecule has 32 heavy (non-hydrogen) atoms. The molecular formula is C28H19N3S. The van der Waals surface area contributed by atoms with Gasteiger partial charge in [-0.1, -0.05) is 84.9 Å². The first-order valence-electron chi connectivity index (χ1n) is 10.3. The van der Waals surface area contributed by atoms with Crippen molar-refractivity contribution in [2.45, 2.75) is 0 Å². The third-order valence-corrected chi connectivity index (χ3v) is 6.15. The molecule has 0 saturated heterocycles. The minimum atomic E-state index is 0.510. The smallest absolute Gasteiger partial charge is 0.136 e. The highest BCUT2D eigenvalue weighted by Crippen LogP contribution is 2.28. The third-order valence-electron chi connectivity index (χ3n) is 5.28. The molecule has 0 aliphatic heterocycles. The zero-order chi connectivity index (χ0) is 21.8. The van der Waals surface area contributed by atoms with Gasteiger partial charge in [0.05, 0.1) is 5.69 Å². The monoisotopic (exact) mass is 429 g/mol. The lowest BCUT2D eigenvalue weighted by molar-refractivity contribution is 1.36. The second-order valence-corrected chi connectivity index (χ2v) is 8.22. The first-order chi connectivity index (χ1) is 15.8. The number of hydrogen-bond acceptors (Lipinski definition) is 4. The first kappa shape index (κ1) is 19.7. The van der Waals surface area contributed by atoms with Crippen LogP contribution in [0.3, 0.4) is 0 Å². The van der Waals surface area contributed by atoms with Crippen LogP contribution in [-0.4, -0.2) is 4.98 Å². The summed E-state index contributed by atoms with van der Waals surface area (Å²) in [7, 11) is 0. The Balaban J connectivity index is 1.35. The van der Waals surface area contributed by atoms with Crippen molar-refractivity contribution >= 4 is 33.4 Å². The maximum atomic E-state index is 9.68. The third kappa shape index (κ3) is 4.15. The van der Waals surface area contributed by atoms with Gasteiger partial charge in [0.15, 0.2) is 0 Å². The molecule has 1 aromatic heterocycles. The number of rotatable bonds is 5. The lowest BCUT2D eigenvalue weighted by Gasteiger charge is -2.04. The van der Waals surface area contributed by atoms with E-state index < -0.39 is 0 Å². The number of allylic oxidation sites excluding steroid dienone is 1. The predicted molar refractivity (Wildman–Crippen MR) is 134 cm³/mol. The molecule has 0 saturated carbocycles. The van der Waals surface area contributed by atoms with Gasteiger partial charge in [-0.05, 0) is 34.0 Å². The molecule has 0 radical (unpaired) electrons. The summed E-state index contributed by atoms with van der Waals surface area (Å²) in [6.07, 6.45) is 1.73. The van der Waals surface area contributed by atoms with Crippen LogP contribution in [0, 0.1) is 11.3 Å². The van der Waals surface area contributed by atoms with E-state index in [2.05, 4.69) is 72.0 Å². The van der Waals surface area contributed by atoms with Gasteiger partial charge in [0.25, 0.3) is 0 Å². The van der Waals surface area contributed by atoms with Gasteiger partial charge >= 0.3 is 0 Å². The highest BCUT2D eigenvalue weighted by Gasteiger charge is 2.09. The second-order valence-electron chi connectivity index (χ2n) is 7.36. The molecule has 0 atom stereocenters. The molecule has 0 aliphatic rings. The van der Waals surface area contributed by atoms with Gasteiger partial charge in [-0.15, -0.1) is 11.3 Å². The molecule has 5 aromatic rings. The molecule has 1 heterocycles. The van der Waals surface area contributed by atoms with Gasteiger partial charge in [-0.25, -0.2) is 4.98 Å². The van der Waals surface area contributed by atoms with Gasteiger partial charge in [-0.3, -0.25) is 0 Å². The van der Waals surface area contributed by atoms with E-state index in [0.29, 0.717) is 10.6 Å². The highest BCUT2D eigenvalue weighted by atomic mass is 32.1. The van der Waals surface area contributed by atoms with E-state index in [9.17, 15) is 5.26 Å². The van der Waals surface area contributed by atoms with Gasteiger partial charge in [0.2, 0.25) is 0 Å². The lowest BCUT2D eigenvalue weighted by Crippen LogP contribution is -1.91. The van der Waals surface area contributed by atoms with E-state index >= 15 is 0 Å². The van der Waals surface area contributed by atoms with Crippen LogP contribution in [0.15, 0.2) is 109 Å². The number of anilines is 1. The standard InChI is InChI=1S/C28H19N3S/c29-17-25(18-30-26-15-14-21-8-4-5-9-24(21)16-26)28-31-27(19-32-28)23-12-10-22(11-13-23)20-6-2-1-3-7-20/h1-16,18-19,30H.